The number of Topliss-reactive ketones (excluding diaryl/α,β-unsaturated/α-hetero) is 1. The standard InChI is InChI=1S/C24H37N3O3/c1-23-9-8-18-16(5-4-15-12-20(28)22(30-3)13-24(15,18)2)17(23)6-7-19(23)21(29)14-27-25-10-11-26-27/h10-11,15-20,22,28H,4-9,12-14H2,1-3H3/t15-,16-,17-,18-,19+,20-,22-,23-,24-/m0/s1. The van der Waals surface area contributed by atoms with Gasteiger partial charge in [-0.25, -0.2) is 0 Å². The van der Waals surface area contributed by atoms with Crippen LogP contribution in [-0.2, 0) is 16.1 Å². The van der Waals surface area contributed by atoms with Gasteiger partial charge in [0, 0.05) is 13.0 Å². The molecule has 166 valence electrons. The largest absolute Gasteiger partial charge is 0.390 e. The lowest BCUT2D eigenvalue weighted by molar-refractivity contribution is -0.167. The zero-order valence-corrected chi connectivity index (χ0v) is 18.7. The van der Waals surface area contributed by atoms with E-state index in [1.54, 1.807) is 19.5 Å². The minimum absolute atomic E-state index is 0.0298. The molecule has 0 radical (unpaired) electrons. The summed E-state index contributed by atoms with van der Waals surface area (Å²) >= 11 is 0. The minimum atomic E-state index is -0.317. The van der Waals surface area contributed by atoms with E-state index in [0.717, 1.165) is 25.7 Å². The summed E-state index contributed by atoms with van der Waals surface area (Å²) in [6.45, 7) is 5.19. The van der Waals surface area contributed by atoms with E-state index in [0.29, 0.717) is 36.0 Å². The van der Waals surface area contributed by atoms with Gasteiger partial charge in [0.2, 0.25) is 0 Å². The van der Waals surface area contributed by atoms with Gasteiger partial charge >= 0.3 is 0 Å². The van der Waals surface area contributed by atoms with E-state index in [1.807, 2.05) is 0 Å². The molecule has 0 saturated heterocycles. The van der Waals surface area contributed by atoms with Crippen LogP contribution >= 0.6 is 0 Å². The van der Waals surface area contributed by atoms with Crippen molar-refractivity contribution in [1.82, 2.24) is 15.0 Å². The zero-order chi connectivity index (χ0) is 21.1. The van der Waals surface area contributed by atoms with Crippen LogP contribution in [-0.4, -0.2) is 45.2 Å². The van der Waals surface area contributed by atoms with Crippen LogP contribution in [0.25, 0.3) is 0 Å². The first kappa shape index (κ1) is 20.6. The zero-order valence-electron chi connectivity index (χ0n) is 18.7. The molecule has 4 aliphatic carbocycles. The lowest BCUT2D eigenvalue weighted by Crippen LogP contribution is -2.57. The Hall–Kier alpha value is -1.27. The maximum atomic E-state index is 13.2. The number of hydrogen-bond acceptors (Lipinski definition) is 5. The van der Waals surface area contributed by atoms with E-state index in [1.165, 1.54) is 30.5 Å². The molecule has 6 nitrogen and oxygen atoms in total. The highest BCUT2D eigenvalue weighted by Gasteiger charge is 2.62. The predicted molar refractivity (Wildman–Crippen MR) is 112 cm³/mol. The smallest absolute Gasteiger partial charge is 0.159 e. The molecule has 0 bridgehead atoms. The molecule has 4 fully saturated rings. The normalized spacial score (nSPS) is 47.9. The maximum Gasteiger partial charge on any atom is 0.159 e. The number of nitrogens with zero attached hydrogens (tertiary/aromatic N) is 3. The van der Waals surface area contributed by atoms with E-state index < -0.39 is 0 Å². The average molecular weight is 416 g/mol. The molecule has 0 amide bonds. The summed E-state index contributed by atoms with van der Waals surface area (Å²) in [6, 6.07) is 0. The van der Waals surface area contributed by atoms with Gasteiger partial charge in [-0.3, -0.25) is 4.79 Å². The van der Waals surface area contributed by atoms with Gasteiger partial charge in [0.1, 0.15) is 6.54 Å². The number of hydrogen-bond donors (Lipinski definition) is 1. The number of carbonyl (C=O) groups excluding carboxylic acids is 1. The topological polar surface area (TPSA) is 77.2 Å². The second-order valence-electron chi connectivity index (χ2n) is 11.1. The number of methoxy groups -OCH3 is 1. The first-order chi connectivity index (χ1) is 14.4. The Labute approximate surface area is 179 Å². The number of aliphatic hydroxyl groups is 1. The van der Waals surface area contributed by atoms with Crippen LogP contribution in [0.4, 0.5) is 0 Å². The van der Waals surface area contributed by atoms with Gasteiger partial charge in [-0.2, -0.15) is 15.0 Å². The molecule has 9 atom stereocenters. The molecule has 1 aromatic heterocycles. The molecule has 30 heavy (non-hydrogen) atoms. The highest BCUT2D eigenvalue weighted by Crippen LogP contribution is 2.67. The quantitative estimate of drug-likeness (QED) is 0.814. The molecular weight excluding hydrogens is 378 g/mol. The molecule has 5 rings (SSSR count). The van der Waals surface area contributed by atoms with E-state index in [2.05, 4.69) is 24.0 Å². The molecule has 0 aliphatic heterocycles. The summed E-state index contributed by atoms with van der Waals surface area (Å²) in [5.74, 6) is 3.10. The van der Waals surface area contributed by atoms with Crippen LogP contribution in [0.2, 0.25) is 0 Å². The Kier molecular flexibility index (Phi) is 5.09. The molecule has 6 heteroatoms. The molecule has 1 heterocycles. The van der Waals surface area contributed by atoms with Gasteiger partial charge in [0.25, 0.3) is 0 Å². The van der Waals surface area contributed by atoms with Crippen molar-refractivity contribution in [2.75, 3.05) is 7.11 Å². The summed E-state index contributed by atoms with van der Waals surface area (Å²) in [5.41, 5.74) is 0.370. The molecular formula is C24H37N3O3. The van der Waals surface area contributed by atoms with Crippen molar-refractivity contribution in [3.05, 3.63) is 12.4 Å². The lowest BCUT2D eigenvalue weighted by atomic mass is 9.44. The van der Waals surface area contributed by atoms with Crippen molar-refractivity contribution < 1.29 is 14.6 Å². The van der Waals surface area contributed by atoms with E-state index >= 15 is 0 Å². The fraction of sp³-hybridized carbons (Fsp3) is 0.875. The maximum absolute atomic E-state index is 13.2. The number of aromatic nitrogens is 3. The van der Waals surface area contributed by atoms with E-state index in [4.69, 9.17) is 4.74 Å². The van der Waals surface area contributed by atoms with Crippen LogP contribution in [0, 0.1) is 40.4 Å². The van der Waals surface area contributed by atoms with E-state index in [9.17, 15) is 9.90 Å². The van der Waals surface area contributed by atoms with Crippen LogP contribution in [0.3, 0.4) is 0 Å². The fourth-order valence-corrected chi connectivity index (χ4v) is 8.60. The first-order valence-corrected chi connectivity index (χ1v) is 11.9. The fourth-order valence-electron chi connectivity index (χ4n) is 8.60. The lowest BCUT2D eigenvalue weighted by Gasteiger charge is -2.61. The monoisotopic (exact) mass is 415 g/mol. The second-order valence-corrected chi connectivity index (χ2v) is 11.1. The third-order valence-corrected chi connectivity index (χ3v) is 10.1. The highest BCUT2D eigenvalue weighted by molar-refractivity contribution is 5.81. The first-order valence-electron chi connectivity index (χ1n) is 11.9. The van der Waals surface area contributed by atoms with Gasteiger partial charge in [-0.05, 0) is 85.9 Å². The van der Waals surface area contributed by atoms with Gasteiger partial charge in [0.15, 0.2) is 5.78 Å². The van der Waals surface area contributed by atoms with Crippen molar-refractivity contribution in [3.8, 4) is 0 Å². The number of carbonyl (C=O) groups is 1. The van der Waals surface area contributed by atoms with Crippen molar-refractivity contribution in [3.63, 3.8) is 0 Å². The Morgan fingerprint density at radius 3 is 2.57 bits per heavy atom. The van der Waals surface area contributed by atoms with Crippen molar-refractivity contribution in [2.45, 2.75) is 84.0 Å². The van der Waals surface area contributed by atoms with Crippen molar-refractivity contribution >= 4 is 5.78 Å². The Bertz CT molecular complexity index is 783. The minimum Gasteiger partial charge on any atom is -0.390 e. The number of aliphatic hydroxyl groups excluding tert-OH is 1. The molecule has 4 saturated carbocycles. The summed E-state index contributed by atoms with van der Waals surface area (Å²) in [6.07, 6.45) is 11.8. The molecule has 1 N–H and O–H groups in total. The van der Waals surface area contributed by atoms with Crippen molar-refractivity contribution in [2.24, 2.45) is 40.4 Å². The van der Waals surface area contributed by atoms with Crippen LogP contribution in [0.5, 0.6) is 0 Å². The predicted octanol–water partition coefficient (Wildman–Crippen LogP) is 3.49. The summed E-state index contributed by atoms with van der Waals surface area (Å²) in [5, 5.41) is 18.8. The van der Waals surface area contributed by atoms with Gasteiger partial charge in [-0.15, -0.1) is 0 Å². The Morgan fingerprint density at radius 2 is 1.83 bits per heavy atom. The van der Waals surface area contributed by atoms with Gasteiger partial charge < -0.3 is 9.84 Å². The Morgan fingerprint density at radius 1 is 1.10 bits per heavy atom. The average Bonchev–Trinajstić information content (AvgIpc) is 3.34. The van der Waals surface area contributed by atoms with Crippen molar-refractivity contribution in [1.29, 1.82) is 0 Å². The van der Waals surface area contributed by atoms with Gasteiger partial charge in [0.05, 0.1) is 24.6 Å². The molecule has 0 aromatic carbocycles. The SMILES string of the molecule is CO[C@H]1C[C@@]2(C)[C@@H](CC[C@@H]3[C@@H]2CC[C@]2(C)[C@@H](C(=O)Cn4nccn4)CC[C@@H]32)C[C@@H]1O. The number of ether oxygens (including phenoxy) is 1. The van der Waals surface area contributed by atoms with Gasteiger partial charge in [-0.1, -0.05) is 13.8 Å². The van der Waals surface area contributed by atoms with E-state index in [-0.39, 0.29) is 29.0 Å². The van der Waals surface area contributed by atoms with Crippen LogP contribution in [0.1, 0.15) is 65.2 Å². The third-order valence-electron chi connectivity index (χ3n) is 10.1. The van der Waals surface area contributed by atoms with Crippen LogP contribution in [0.15, 0.2) is 12.4 Å². The molecule has 0 unspecified atom stereocenters. The molecule has 4 aliphatic rings. The summed E-state index contributed by atoms with van der Waals surface area (Å²) in [7, 11) is 1.75. The third kappa shape index (κ3) is 3.01. The van der Waals surface area contributed by atoms with Crippen LogP contribution < -0.4 is 0 Å². The molecule has 0 spiro atoms. The summed E-state index contributed by atoms with van der Waals surface area (Å²) < 4.78 is 5.69. The highest BCUT2D eigenvalue weighted by atomic mass is 16.5. The number of ketones is 1. The molecule has 1 aromatic rings. The second kappa shape index (κ2) is 7.40. The Balaban J connectivity index is 1.36. The number of fused-ring (bicyclic) bond motifs is 5. The number of rotatable bonds is 4. The summed E-state index contributed by atoms with van der Waals surface area (Å²) in [4.78, 5) is 14.7.